The van der Waals surface area contributed by atoms with Crippen LogP contribution in [0.4, 0.5) is 14.5 Å². The van der Waals surface area contributed by atoms with E-state index in [1.165, 1.54) is 6.07 Å². The standard InChI is InChI=1S/C17H14F2N4O/c18-12-2-1-3-13(19)11(12)5-7-17(24)21-10-4-6-14-15(8-10)23-16(9-20)22-14/h1-8H,9,20H2,(H,21,24)(H,22,23)/b7-5+. The Balaban J connectivity index is 1.76. The number of carbonyl (C=O) groups is 1. The van der Waals surface area contributed by atoms with Gasteiger partial charge in [-0.1, -0.05) is 6.07 Å². The average molecular weight is 328 g/mol. The van der Waals surface area contributed by atoms with Crippen molar-refractivity contribution in [3.63, 3.8) is 0 Å². The molecule has 3 rings (SSSR count). The molecule has 0 saturated heterocycles. The Hall–Kier alpha value is -3.06. The zero-order valence-corrected chi connectivity index (χ0v) is 12.5. The number of H-pyrrole nitrogens is 1. The first-order valence-corrected chi connectivity index (χ1v) is 7.18. The number of nitrogens with zero attached hydrogens (tertiary/aromatic N) is 1. The number of hydrogen-bond acceptors (Lipinski definition) is 3. The lowest BCUT2D eigenvalue weighted by Crippen LogP contribution is -2.07. The fraction of sp³-hybridized carbons (Fsp3) is 0.0588. The molecule has 122 valence electrons. The van der Waals surface area contributed by atoms with Crippen molar-refractivity contribution in [2.45, 2.75) is 6.54 Å². The number of anilines is 1. The molecule has 24 heavy (non-hydrogen) atoms. The highest BCUT2D eigenvalue weighted by molar-refractivity contribution is 6.02. The lowest BCUT2D eigenvalue weighted by atomic mass is 10.2. The second-order valence-corrected chi connectivity index (χ2v) is 5.08. The number of nitrogens with one attached hydrogen (secondary N) is 2. The number of carbonyl (C=O) groups excluding carboxylic acids is 1. The Morgan fingerprint density at radius 2 is 2.00 bits per heavy atom. The summed E-state index contributed by atoms with van der Waals surface area (Å²) in [6.07, 6.45) is 2.17. The number of fused-ring (bicyclic) bond motifs is 1. The minimum atomic E-state index is -0.729. The molecule has 0 aliphatic rings. The molecular weight excluding hydrogens is 314 g/mol. The van der Waals surface area contributed by atoms with Crippen molar-refractivity contribution in [1.29, 1.82) is 0 Å². The molecule has 0 saturated carbocycles. The van der Waals surface area contributed by atoms with Crippen molar-refractivity contribution >= 4 is 28.7 Å². The van der Waals surface area contributed by atoms with Gasteiger partial charge in [0.05, 0.1) is 17.6 Å². The molecule has 5 nitrogen and oxygen atoms in total. The lowest BCUT2D eigenvalue weighted by molar-refractivity contribution is -0.111. The van der Waals surface area contributed by atoms with Crippen LogP contribution in [0.2, 0.25) is 0 Å². The predicted octanol–water partition coefficient (Wildman–Crippen LogP) is 2.95. The van der Waals surface area contributed by atoms with E-state index >= 15 is 0 Å². The van der Waals surface area contributed by atoms with Crippen LogP contribution < -0.4 is 11.1 Å². The van der Waals surface area contributed by atoms with Crippen LogP contribution in [0.5, 0.6) is 0 Å². The normalized spacial score (nSPS) is 11.3. The highest BCUT2D eigenvalue weighted by atomic mass is 19.1. The second-order valence-electron chi connectivity index (χ2n) is 5.08. The lowest BCUT2D eigenvalue weighted by Gasteiger charge is -2.02. The maximum atomic E-state index is 13.5. The Labute approximate surface area is 136 Å². The third-order valence-electron chi connectivity index (χ3n) is 3.39. The minimum Gasteiger partial charge on any atom is -0.341 e. The van der Waals surface area contributed by atoms with Gasteiger partial charge in [0, 0.05) is 17.3 Å². The summed E-state index contributed by atoms with van der Waals surface area (Å²) in [5.41, 5.74) is 7.25. The van der Waals surface area contributed by atoms with E-state index in [1.54, 1.807) is 18.2 Å². The third-order valence-corrected chi connectivity index (χ3v) is 3.39. The molecule has 0 atom stereocenters. The molecule has 0 unspecified atom stereocenters. The summed E-state index contributed by atoms with van der Waals surface area (Å²) in [5.74, 6) is -1.32. The largest absolute Gasteiger partial charge is 0.341 e. The molecule has 4 N–H and O–H groups in total. The fourth-order valence-corrected chi connectivity index (χ4v) is 2.25. The van der Waals surface area contributed by atoms with Crippen molar-refractivity contribution in [2.24, 2.45) is 5.73 Å². The molecule has 2 aromatic carbocycles. The van der Waals surface area contributed by atoms with Crippen LogP contribution >= 0.6 is 0 Å². The highest BCUT2D eigenvalue weighted by Gasteiger charge is 2.07. The average Bonchev–Trinajstić information content (AvgIpc) is 2.97. The molecule has 0 spiro atoms. The topological polar surface area (TPSA) is 83.8 Å². The van der Waals surface area contributed by atoms with E-state index in [2.05, 4.69) is 15.3 Å². The van der Waals surface area contributed by atoms with Crippen LogP contribution in [-0.2, 0) is 11.3 Å². The van der Waals surface area contributed by atoms with Crippen LogP contribution in [0.3, 0.4) is 0 Å². The number of imidazole rings is 1. The highest BCUT2D eigenvalue weighted by Crippen LogP contribution is 2.18. The number of nitrogens with two attached hydrogens (primary N) is 1. The van der Waals surface area contributed by atoms with Gasteiger partial charge in [0.15, 0.2) is 0 Å². The molecule has 0 bridgehead atoms. The summed E-state index contributed by atoms with van der Waals surface area (Å²) < 4.78 is 27.0. The van der Waals surface area contributed by atoms with Gasteiger partial charge in [0.2, 0.25) is 5.91 Å². The van der Waals surface area contributed by atoms with Gasteiger partial charge in [-0.2, -0.15) is 0 Å². The summed E-state index contributed by atoms with van der Waals surface area (Å²) in [5, 5.41) is 2.62. The van der Waals surface area contributed by atoms with Crippen molar-refractivity contribution in [3.05, 3.63) is 65.5 Å². The van der Waals surface area contributed by atoms with Gasteiger partial charge in [0.25, 0.3) is 0 Å². The zero-order chi connectivity index (χ0) is 17.1. The number of aromatic nitrogens is 2. The van der Waals surface area contributed by atoms with Gasteiger partial charge < -0.3 is 16.0 Å². The van der Waals surface area contributed by atoms with Crippen LogP contribution in [0.25, 0.3) is 17.1 Å². The zero-order valence-electron chi connectivity index (χ0n) is 12.5. The maximum Gasteiger partial charge on any atom is 0.248 e. The van der Waals surface area contributed by atoms with E-state index in [-0.39, 0.29) is 12.1 Å². The van der Waals surface area contributed by atoms with E-state index in [0.717, 1.165) is 35.3 Å². The Bertz CT molecular complexity index is 913. The summed E-state index contributed by atoms with van der Waals surface area (Å²) >= 11 is 0. The quantitative estimate of drug-likeness (QED) is 0.644. The molecule has 0 aliphatic heterocycles. The second kappa shape index (κ2) is 6.59. The molecule has 3 aromatic rings. The Morgan fingerprint density at radius 1 is 1.25 bits per heavy atom. The summed E-state index contributed by atoms with van der Waals surface area (Å²) in [7, 11) is 0. The van der Waals surface area contributed by atoms with Crippen LogP contribution in [0, 0.1) is 11.6 Å². The molecule has 0 aliphatic carbocycles. The van der Waals surface area contributed by atoms with Crippen molar-refractivity contribution in [3.8, 4) is 0 Å². The molecule has 0 radical (unpaired) electrons. The van der Waals surface area contributed by atoms with Gasteiger partial charge in [-0.3, -0.25) is 4.79 Å². The number of halogens is 2. The minimum absolute atomic E-state index is 0.260. The molecule has 7 heteroatoms. The maximum absolute atomic E-state index is 13.5. The first-order chi connectivity index (χ1) is 11.6. The smallest absolute Gasteiger partial charge is 0.248 e. The molecule has 0 fully saturated rings. The first kappa shape index (κ1) is 15.8. The van der Waals surface area contributed by atoms with E-state index in [1.807, 2.05) is 0 Å². The van der Waals surface area contributed by atoms with Gasteiger partial charge in [0.1, 0.15) is 17.5 Å². The number of aromatic amines is 1. The number of benzene rings is 2. The fourth-order valence-electron chi connectivity index (χ4n) is 2.25. The van der Waals surface area contributed by atoms with Gasteiger partial charge in [-0.05, 0) is 36.4 Å². The number of amides is 1. The SMILES string of the molecule is NCc1nc2ccc(NC(=O)/C=C/c3c(F)cccc3F)cc2[nH]1. The van der Waals surface area contributed by atoms with Gasteiger partial charge >= 0.3 is 0 Å². The van der Waals surface area contributed by atoms with Crippen molar-refractivity contribution in [1.82, 2.24) is 9.97 Å². The van der Waals surface area contributed by atoms with E-state index in [4.69, 9.17) is 5.73 Å². The molecule has 1 aromatic heterocycles. The predicted molar refractivity (Wildman–Crippen MR) is 88.0 cm³/mol. The van der Waals surface area contributed by atoms with E-state index in [9.17, 15) is 13.6 Å². The van der Waals surface area contributed by atoms with Crippen LogP contribution in [0.15, 0.2) is 42.5 Å². The number of hydrogen-bond donors (Lipinski definition) is 3. The summed E-state index contributed by atoms with van der Waals surface area (Å²) in [4.78, 5) is 19.2. The van der Waals surface area contributed by atoms with E-state index < -0.39 is 17.5 Å². The third kappa shape index (κ3) is 3.31. The van der Waals surface area contributed by atoms with Gasteiger partial charge in [-0.25, -0.2) is 13.8 Å². The monoisotopic (exact) mass is 328 g/mol. The molecular formula is C17H14F2N4O. The van der Waals surface area contributed by atoms with Crippen molar-refractivity contribution in [2.75, 3.05) is 5.32 Å². The molecule has 1 heterocycles. The molecule has 1 amide bonds. The van der Waals surface area contributed by atoms with Crippen LogP contribution in [-0.4, -0.2) is 15.9 Å². The van der Waals surface area contributed by atoms with Gasteiger partial charge in [-0.15, -0.1) is 0 Å². The Kier molecular flexibility index (Phi) is 4.35. The number of rotatable bonds is 4. The van der Waals surface area contributed by atoms with Crippen LogP contribution in [0.1, 0.15) is 11.4 Å². The Morgan fingerprint density at radius 3 is 2.71 bits per heavy atom. The first-order valence-electron chi connectivity index (χ1n) is 7.18. The van der Waals surface area contributed by atoms with E-state index in [0.29, 0.717) is 11.5 Å². The summed E-state index contributed by atoms with van der Waals surface area (Å²) in [6.45, 7) is 0.285. The van der Waals surface area contributed by atoms with Crippen molar-refractivity contribution < 1.29 is 13.6 Å². The summed E-state index contributed by atoms with van der Waals surface area (Å²) in [6, 6.07) is 8.64.